The summed E-state index contributed by atoms with van der Waals surface area (Å²) in [6.07, 6.45) is 11.9. The second-order valence-corrected chi connectivity index (χ2v) is 8.78. The van der Waals surface area contributed by atoms with Gasteiger partial charge in [-0.05, 0) is 61.1 Å². The van der Waals surface area contributed by atoms with E-state index in [1.807, 2.05) is 0 Å². The number of aryl methyl sites for hydroxylation is 1. The van der Waals surface area contributed by atoms with Gasteiger partial charge in [-0.25, -0.2) is 13.6 Å². The largest absolute Gasteiger partial charge is 0.487 e. The van der Waals surface area contributed by atoms with Crippen LogP contribution >= 0.6 is 0 Å². The van der Waals surface area contributed by atoms with Gasteiger partial charge in [0, 0.05) is 12.5 Å². The molecule has 3 atom stereocenters. The van der Waals surface area contributed by atoms with E-state index in [4.69, 9.17) is 9.47 Å². The first-order valence-electron chi connectivity index (χ1n) is 11.9. The summed E-state index contributed by atoms with van der Waals surface area (Å²) in [5.41, 5.74) is 0.687. The topological polar surface area (TPSA) is 35.5 Å². The van der Waals surface area contributed by atoms with E-state index in [0.29, 0.717) is 24.3 Å². The monoisotopic (exact) mass is 436 g/mol. The zero-order chi connectivity index (χ0) is 22.6. The third kappa shape index (κ3) is 8.27. The number of esters is 1. The Hall–Kier alpha value is -1.91. The van der Waals surface area contributed by atoms with Crippen LogP contribution in [0.3, 0.4) is 0 Å². The quantitative estimate of drug-likeness (QED) is 0.178. The number of carbonyl (C=O) groups is 1. The Morgan fingerprint density at radius 3 is 2.55 bits per heavy atom. The summed E-state index contributed by atoms with van der Waals surface area (Å²) in [5, 5.41) is 0. The van der Waals surface area contributed by atoms with Crippen molar-refractivity contribution >= 4 is 5.97 Å². The average molecular weight is 437 g/mol. The summed E-state index contributed by atoms with van der Waals surface area (Å²) in [4.78, 5) is 11.0. The molecule has 0 aromatic heterocycles. The minimum atomic E-state index is -0.672. The first-order valence-corrected chi connectivity index (χ1v) is 11.9. The summed E-state index contributed by atoms with van der Waals surface area (Å²) >= 11 is 0. The van der Waals surface area contributed by atoms with Crippen LogP contribution in [0.2, 0.25) is 0 Å². The maximum atomic E-state index is 14.4. The van der Waals surface area contributed by atoms with E-state index in [-0.39, 0.29) is 19.0 Å². The predicted octanol–water partition coefficient (Wildman–Crippen LogP) is 7.03. The Kier molecular flexibility index (Phi) is 11.0. The zero-order valence-corrected chi connectivity index (χ0v) is 19.1. The lowest BCUT2D eigenvalue weighted by molar-refractivity contribution is -0.137. The molecular formula is C26H38F2O3. The molecule has 2 rings (SSSR count). The fourth-order valence-electron chi connectivity index (χ4n) is 4.91. The molecule has 1 aromatic rings. The molecule has 3 unspecified atom stereocenters. The second kappa shape index (κ2) is 13.5. The number of hydrogen-bond acceptors (Lipinski definition) is 3. The molecule has 3 nitrogen and oxygen atoms in total. The van der Waals surface area contributed by atoms with Gasteiger partial charge in [0.05, 0.1) is 13.2 Å². The molecule has 1 aliphatic rings. The van der Waals surface area contributed by atoms with Crippen LogP contribution in [0.25, 0.3) is 0 Å². The van der Waals surface area contributed by atoms with Gasteiger partial charge in [0.1, 0.15) is 0 Å². The molecule has 1 saturated carbocycles. The van der Waals surface area contributed by atoms with Crippen LogP contribution in [0, 0.1) is 29.4 Å². The molecule has 1 aromatic carbocycles. The van der Waals surface area contributed by atoms with E-state index in [9.17, 15) is 13.6 Å². The lowest BCUT2D eigenvalue weighted by Gasteiger charge is -2.24. The molecule has 0 N–H and O–H groups in total. The molecule has 0 bridgehead atoms. The molecule has 1 fully saturated rings. The van der Waals surface area contributed by atoms with Crippen molar-refractivity contribution in [3.05, 3.63) is 42.0 Å². The molecular weight excluding hydrogens is 398 g/mol. The van der Waals surface area contributed by atoms with Crippen molar-refractivity contribution in [2.75, 3.05) is 13.2 Å². The van der Waals surface area contributed by atoms with Gasteiger partial charge in [-0.2, -0.15) is 0 Å². The second-order valence-electron chi connectivity index (χ2n) is 8.78. The molecule has 31 heavy (non-hydrogen) atoms. The maximum absolute atomic E-state index is 14.4. The van der Waals surface area contributed by atoms with E-state index in [1.165, 1.54) is 50.7 Å². The molecule has 0 radical (unpaired) electrons. The molecule has 1 aliphatic carbocycles. The minimum Gasteiger partial charge on any atom is -0.487 e. The fraction of sp³-hybridized carbons (Fsp3) is 0.654. The molecule has 0 spiro atoms. The van der Waals surface area contributed by atoms with Gasteiger partial charge in [-0.1, -0.05) is 52.5 Å². The smallest absolute Gasteiger partial charge is 0.330 e. The predicted molar refractivity (Wildman–Crippen MR) is 120 cm³/mol. The van der Waals surface area contributed by atoms with Gasteiger partial charge in [0.25, 0.3) is 0 Å². The highest BCUT2D eigenvalue weighted by molar-refractivity contribution is 5.81. The Morgan fingerprint density at radius 1 is 1.16 bits per heavy atom. The highest BCUT2D eigenvalue weighted by Crippen LogP contribution is 2.41. The van der Waals surface area contributed by atoms with E-state index < -0.39 is 17.6 Å². The Bertz CT molecular complexity index is 681. The highest BCUT2D eigenvalue weighted by atomic mass is 19.1. The van der Waals surface area contributed by atoms with E-state index >= 15 is 0 Å². The van der Waals surface area contributed by atoms with Crippen LogP contribution in [-0.4, -0.2) is 19.2 Å². The van der Waals surface area contributed by atoms with Crippen LogP contribution in [0.1, 0.15) is 77.2 Å². The van der Waals surface area contributed by atoms with Crippen molar-refractivity contribution < 1.29 is 23.0 Å². The summed E-state index contributed by atoms with van der Waals surface area (Å²) in [5.74, 6) is 0.0174. The van der Waals surface area contributed by atoms with Crippen molar-refractivity contribution in [2.45, 2.75) is 78.1 Å². The lowest BCUT2D eigenvalue weighted by Crippen LogP contribution is -2.14. The molecule has 0 aliphatic heterocycles. The van der Waals surface area contributed by atoms with Gasteiger partial charge in [-0.15, -0.1) is 0 Å². The van der Waals surface area contributed by atoms with Gasteiger partial charge >= 0.3 is 5.97 Å². The Morgan fingerprint density at radius 2 is 1.90 bits per heavy atom. The minimum absolute atomic E-state index is 0.0663. The number of ether oxygens (including phenoxy) is 2. The third-order valence-electron chi connectivity index (χ3n) is 6.41. The molecule has 5 heteroatoms. The molecule has 0 saturated heterocycles. The van der Waals surface area contributed by atoms with Gasteiger partial charge in [-0.3, -0.25) is 0 Å². The number of hydrogen-bond donors (Lipinski definition) is 0. The van der Waals surface area contributed by atoms with Gasteiger partial charge in [0.2, 0.25) is 0 Å². The van der Waals surface area contributed by atoms with Crippen molar-refractivity contribution in [1.82, 2.24) is 0 Å². The third-order valence-corrected chi connectivity index (χ3v) is 6.41. The fourth-order valence-corrected chi connectivity index (χ4v) is 4.91. The van der Waals surface area contributed by atoms with Crippen LogP contribution in [0.15, 0.2) is 24.8 Å². The van der Waals surface area contributed by atoms with Crippen molar-refractivity contribution in [1.29, 1.82) is 0 Å². The summed E-state index contributed by atoms with van der Waals surface area (Å²) in [7, 11) is 0. The highest BCUT2D eigenvalue weighted by Gasteiger charge is 2.29. The SMILES string of the molecule is C=CC(=O)OCCCOc1c(F)cc(CCC(CCC)C2CCC(CCC)C2)cc1F. The van der Waals surface area contributed by atoms with Crippen LogP contribution in [-0.2, 0) is 16.0 Å². The molecule has 0 amide bonds. The first kappa shape index (κ1) is 25.4. The standard InChI is InChI=1S/C26H38F2O3/c1-4-8-19-10-13-22(16-19)21(9-5-2)12-11-20-17-23(27)26(24(28)18-20)31-15-7-14-30-25(29)6-3/h6,17-19,21-22H,3-5,7-16H2,1-2H3. The normalized spacial score (nSPS) is 19.2. The van der Waals surface area contributed by atoms with E-state index in [2.05, 4.69) is 20.4 Å². The molecule has 0 heterocycles. The lowest BCUT2D eigenvalue weighted by atomic mass is 9.82. The van der Waals surface area contributed by atoms with Crippen molar-refractivity contribution in [3.8, 4) is 5.75 Å². The number of rotatable bonds is 14. The van der Waals surface area contributed by atoms with Gasteiger partial charge < -0.3 is 9.47 Å². The number of halogens is 2. The van der Waals surface area contributed by atoms with E-state index in [0.717, 1.165) is 30.8 Å². The summed E-state index contributed by atoms with van der Waals surface area (Å²) in [6.45, 7) is 7.96. The maximum Gasteiger partial charge on any atom is 0.330 e. The first-order chi connectivity index (χ1) is 15.0. The van der Waals surface area contributed by atoms with Crippen LogP contribution < -0.4 is 4.74 Å². The Labute approximate surface area is 186 Å². The molecule has 174 valence electrons. The number of carbonyl (C=O) groups excluding carboxylic acids is 1. The zero-order valence-electron chi connectivity index (χ0n) is 19.1. The van der Waals surface area contributed by atoms with Crippen molar-refractivity contribution in [3.63, 3.8) is 0 Å². The average Bonchev–Trinajstić information content (AvgIpc) is 3.21. The Balaban J connectivity index is 1.87. The van der Waals surface area contributed by atoms with Crippen molar-refractivity contribution in [2.24, 2.45) is 17.8 Å². The van der Waals surface area contributed by atoms with E-state index in [1.54, 1.807) is 0 Å². The van der Waals surface area contributed by atoms with Gasteiger partial charge in [0.15, 0.2) is 17.4 Å². The summed E-state index contributed by atoms with van der Waals surface area (Å²) < 4.78 is 39.0. The van der Waals surface area contributed by atoms with Crippen LogP contribution in [0.5, 0.6) is 5.75 Å². The summed E-state index contributed by atoms with van der Waals surface area (Å²) in [6, 6.07) is 2.79. The van der Waals surface area contributed by atoms with Crippen LogP contribution in [0.4, 0.5) is 8.78 Å². The number of benzene rings is 1.